The fraction of sp³-hybridized carbons (Fsp3) is 0.562. The van der Waals surface area contributed by atoms with Gasteiger partial charge in [-0.25, -0.2) is 0 Å². The minimum absolute atomic E-state index is 0.0374. The first-order valence-electron chi connectivity index (χ1n) is 7.29. The second-order valence-corrected chi connectivity index (χ2v) is 5.55. The number of hydrogen-bond acceptors (Lipinski definition) is 4. The molecule has 1 saturated heterocycles. The maximum atomic E-state index is 12.4. The van der Waals surface area contributed by atoms with E-state index < -0.39 is 6.10 Å². The van der Waals surface area contributed by atoms with Crippen LogP contribution in [0.3, 0.4) is 0 Å². The van der Waals surface area contributed by atoms with Crippen molar-refractivity contribution in [3.05, 3.63) is 24.3 Å². The van der Waals surface area contributed by atoms with Crippen molar-refractivity contribution in [2.45, 2.75) is 32.5 Å². The summed E-state index contributed by atoms with van der Waals surface area (Å²) in [5.41, 5.74) is 0. The highest BCUT2D eigenvalue weighted by molar-refractivity contribution is 5.81. The van der Waals surface area contributed by atoms with Crippen molar-refractivity contribution in [2.75, 3.05) is 20.2 Å². The average molecular weight is 293 g/mol. The molecule has 0 aromatic heterocycles. The Labute approximate surface area is 125 Å². The Morgan fingerprint density at radius 1 is 1.33 bits per heavy atom. The zero-order valence-corrected chi connectivity index (χ0v) is 12.8. The van der Waals surface area contributed by atoms with Gasteiger partial charge in [0.1, 0.15) is 11.5 Å². The highest BCUT2D eigenvalue weighted by Crippen LogP contribution is 2.21. The maximum absolute atomic E-state index is 12.4. The molecule has 1 aliphatic rings. The second kappa shape index (κ2) is 6.80. The van der Waals surface area contributed by atoms with Gasteiger partial charge < -0.3 is 19.5 Å². The van der Waals surface area contributed by atoms with Crippen LogP contribution in [0.5, 0.6) is 11.5 Å². The quantitative estimate of drug-likeness (QED) is 0.918. The molecule has 1 heterocycles. The van der Waals surface area contributed by atoms with Crippen LogP contribution in [0.1, 0.15) is 20.3 Å². The Morgan fingerprint density at radius 3 is 2.52 bits per heavy atom. The van der Waals surface area contributed by atoms with Crippen LogP contribution in [-0.4, -0.2) is 48.3 Å². The molecule has 5 nitrogen and oxygen atoms in total. The standard InChI is InChI=1S/C16H23NO4/c1-11-10-17(9-8-15(11)18)16(19)12(2)21-14-6-4-13(20-3)5-7-14/h4-7,11-12,15,18H,8-10H2,1-3H3. The fourth-order valence-corrected chi connectivity index (χ4v) is 2.50. The van der Waals surface area contributed by atoms with E-state index in [9.17, 15) is 9.90 Å². The van der Waals surface area contributed by atoms with Gasteiger partial charge in [0.15, 0.2) is 6.10 Å². The summed E-state index contributed by atoms with van der Waals surface area (Å²) in [5, 5.41) is 9.72. The molecule has 1 aromatic carbocycles. The third kappa shape index (κ3) is 3.88. The van der Waals surface area contributed by atoms with Crippen LogP contribution < -0.4 is 9.47 Å². The minimum Gasteiger partial charge on any atom is -0.497 e. The number of aliphatic hydroxyl groups is 1. The van der Waals surface area contributed by atoms with E-state index in [2.05, 4.69) is 0 Å². The van der Waals surface area contributed by atoms with E-state index in [1.54, 1.807) is 43.2 Å². The summed E-state index contributed by atoms with van der Waals surface area (Å²) in [5.74, 6) is 1.46. The molecule has 116 valence electrons. The lowest BCUT2D eigenvalue weighted by molar-refractivity contribution is -0.141. The van der Waals surface area contributed by atoms with Crippen LogP contribution in [0.4, 0.5) is 0 Å². The molecule has 3 unspecified atom stereocenters. The molecule has 2 rings (SSSR count). The Morgan fingerprint density at radius 2 is 1.95 bits per heavy atom. The summed E-state index contributed by atoms with van der Waals surface area (Å²) in [6, 6.07) is 7.16. The number of likely N-dealkylation sites (tertiary alicyclic amines) is 1. The summed E-state index contributed by atoms with van der Waals surface area (Å²) >= 11 is 0. The Bertz CT molecular complexity index is 474. The topological polar surface area (TPSA) is 59.0 Å². The van der Waals surface area contributed by atoms with Crippen molar-refractivity contribution in [2.24, 2.45) is 5.92 Å². The molecular weight excluding hydrogens is 270 g/mol. The number of benzene rings is 1. The maximum Gasteiger partial charge on any atom is 0.263 e. The molecule has 21 heavy (non-hydrogen) atoms. The molecule has 0 saturated carbocycles. The molecule has 1 N–H and O–H groups in total. The summed E-state index contributed by atoms with van der Waals surface area (Å²) in [6.07, 6.45) is -0.227. The number of piperidine rings is 1. The summed E-state index contributed by atoms with van der Waals surface area (Å²) in [4.78, 5) is 14.1. The van der Waals surface area contributed by atoms with E-state index in [-0.39, 0.29) is 17.9 Å². The SMILES string of the molecule is COc1ccc(OC(C)C(=O)N2CCC(O)C(C)C2)cc1. The van der Waals surface area contributed by atoms with Gasteiger partial charge in [0.25, 0.3) is 5.91 Å². The second-order valence-electron chi connectivity index (χ2n) is 5.55. The van der Waals surface area contributed by atoms with Gasteiger partial charge in [0, 0.05) is 13.1 Å². The lowest BCUT2D eigenvalue weighted by Gasteiger charge is -2.35. The van der Waals surface area contributed by atoms with Crippen LogP contribution >= 0.6 is 0 Å². The van der Waals surface area contributed by atoms with Crippen LogP contribution in [0, 0.1) is 5.92 Å². The van der Waals surface area contributed by atoms with Crippen LogP contribution in [0.15, 0.2) is 24.3 Å². The van der Waals surface area contributed by atoms with E-state index in [1.807, 2.05) is 6.92 Å². The average Bonchev–Trinajstić information content (AvgIpc) is 2.50. The minimum atomic E-state index is -0.541. The largest absolute Gasteiger partial charge is 0.497 e. The molecule has 1 aliphatic heterocycles. The van der Waals surface area contributed by atoms with Gasteiger partial charge in [-0.05, 0) is 43.5 Å². The predicted molar refractivity (Wildman–Crippen MR) is 79.5 cm³/mol. The number of amides is 1. The lowest BCUT2D eigenvalue weighted by Crippen LogP contribution is -2.49. The Kier molecular flexibility index (Phi) is 5.07. The van der Waals surface area contributed by atoms with Crippen LogP contribution in [0.2, 0.25) is 0 Å². The molecule has 0 bridgehead atoms. The number of ether oxygens (including phenoxy) is 2. The number of hydrogen-bond donors (Lipinski definition) is 1. The smallest absolute Gasteiger partial charge is 0.263 e. The van der Waals surface area contributed by atoms with Crippen LogP contribution in [-0.2, 0) is 4.79 Å². The molecule has 0 spiro atoms. The zero-order chi connectivity index (χ0) is 15.4. The molecule has 0 radical (unpaired) electrons. The summed E-state index contributed by atoms with van der Waals surface area (Å²) in [6.45, 7) is 4.87. The predicted octanol–water partition coefficient (Wildman–Crippen LogP) is 1.69. The highest BCUT2D eigenvalue weighted by Gasteiger charge is 2.30. The zero-order valence-electron chi connectivity index (χ0n) is 12.8. The van der Waals surface area contributed by atoms with Gasteiger partial charge in [-0.15, -0.1) is 0 Å². The molecular formula is C16H23NO4. The van der Waals surface area contributed by atoms with Crippen molar-refractivity contribution in [3.63, 3.8) is 0 Å². The molecule has 5 heteroatoms. The molecule has 1 aromatic rings. The van der Waals surface area contributed by atoms with Gasteiger partial charge >= 0.3 is 0 Å². The fourth-order valence-electron chi connectivity index (χ4n) is 2.50. The number of rotatable bonds is 4. The highest BCUT2D eigenvalue weighted by atomic mass is 16.5. The van der Waals surface area contributed by atoms with Gasteiger partial charge in [-0.2, -0.15) is 0 Å². The Balaban J connectivity index is 1.92. The summed E-state index contributed by atoms with van der Waals surface area (Å²) in [7, 11) is 1.61. The third-order valence-electron chi connectivity index (χ3n) is 3.89. The van der Waals surface area contributed by atoms with E-state index in [0.29, 0.717) is 25.3 Å². The Hall–Kier alpha value is -1.75. The first-order valence-corrected chi connectivity index (χ1v) is 7.29. The van der Waals surface area contributed by atoms with Crippen molar-refractivity contribution >= 4 is 5.91 Å². The van der Waals surface area contributed by atoms with Crippen molar-refractivity contribution in [1.82, 2.24) is 4.90 Å². The molecule has 3 atom stereocenters. The van der Waals surface area contributed by atoms with Gasteiger partial charge in [0.2, 0.25) is 0 Å². The van der Waals surface area contributed by atoms with Crippen molar-refractivity contribution < 1.29 is 19.4 Å². The molecule has 1 fully saturated rings. The van der Waals surface area contributed by atoms with Gasteiger partial charge in [-0.1, -0.05) is 6.92 Å². The number of carbonyl (C=O) groups is 1. The molecule has 0 aliphatic carbocycles. The van der Waals surface area contributed by atoms with E-state index >= 15 is 0 Å². The number of carbonyl (C=O) groups excluding carboxylic acids is 1. The first-order chi connectivity index (χ1) is 10.0. The lowest BCUT2D eigenvalue weighted by atomic mass is 9.96. The monoisotopic (exact) mass is 293 g/mol. The molecule has 1 amide bonds. The van der Waals surface area contributed by atoms with E-state index in [1.165, 1.54) is 0 Å². The normalized spacial score (nSPS) is 23.5. The van der Waals surface area contributed by atoms with Gasteiger partial charge in [-0.3, -0.25) is 4.79 Å². The van der Waals surface area contributed by atoms with Crippen LogP contribution in [0.25, 0.3) is 0 Å². The van der Waals surface area contributed by atoms with E-state index in [4.69, 9.17) is 9.47 Å². The first kappa shape index (κ1) is 15.6. The number of aliphatic hydroxyl groups excluding tert-OH is 1. The number of methoxy groups -OCH3 is 1. The third-order valence-corrected chi connectivity index (χ3v) is 3.89. The number of nitrogens with zero attached hydrogens (tertiary/aromatic N) is 1. The van der Waals surface area contributed by atoms with Crippen molar-refractivity contribution in [1.29, 1.82) is 0 Å². The van der Waals surface area contributed by atoms with E-state index in [0.717, 1.165) is 5.75 Å². The van der Waals surface area contributed by atoms with Gasteiger partial charge in [0.05, 0.1) is 13.2 Å². The van der Waals surface area contributed by atoms with Crippen molar-refractivity contribution in [3.8, 4) is 11.5 Å². The summed E-state index contributed by atoms with van der Waals surface area (Å²) < 4.78 is 10.8.